The lowest BCUT2D eigenvalue weighted by Gasteiger charge is -2.09. The Balaban J connectivity index is 1.55. The van der Waals surface area contributed by atoms with Gasteiger partial charge in [-0.3, -0.25) is 9.59 Å². The molecule has 0 bridgehead atoms. The van der Waals surface area contributed by atoms with Crippen molar-refractivity contribution in [1.82, 2.24) is 14.8 Å². The van der Waals surface area contributed by atoms with Crippen LogP contribution in [0.1, 0.15) is 22.5 Å². The molecule has 7 nitrogen and oxygen atoms in total. The molecule has 0 aliphatic heterocycles. The summed E-state index contributed by atoms with van der Waals surface area (Å²) in [6.07, 6.45) is 0.104. The molecule has 1 aromatic heterocycles. The van der Waals surface area contributed by atoms with E-state index in [1.165, 1.54) is 11.8 Å². The Kier molecular flexibility index (Phi) is 6.89. The predicted molar refractivity (Wildman–Crippen MR) is 120 cm³/mol. The average molecular weight is 424 g/mol. The summed E-state index contributed by atoms with van der Waals surface area (Å²) >= 11 is 1.28. The lowest BCUT2D eigenvalue weighted by atomic mass is 10.1. The van der Waals surface area contributed by atoms with Gasteiger partial charge in [0.15, 0.2) is 5.16 Å². The molecule has 3 aromatic rings. The summed E-state index contributed by atoms with van der Waals surface area (Å²) in [5.74, 6) is 0.463. The molecule has 2 aromatic carbocycles. The molecule has 0 aliphatic rings. The van der Waals surface area contributed by atoms with E-state index in [4.69, 9.17) is 0 Å². The summed E-state index contributed by atoms with van der Waals surface area (Å²) in [5, 5.41) is 14.6. The summed E-state index contributed by atoms with van der Waals surface area (Å²) in [7, 11) is 1.79. The number of nitrogens with zero attached hydrogens (tertiary/aromatic N) is 3. The normalized spacial score (nSPS) is 10.7. The van der Waals surface area contributed by atoms with Gasteiger partial charge >= 0.3 is 0 Å². The van der Waals surface area contributed by atoms with Crippen molar-refractivity contribution < 1.29 is 9.59 Å². The highest BCUT2D eigenvalue weighted by atomic mass is 32.2. The fourth-order valence-corrected chi connectivity index (χ4v) is 3.68. The first kappa shape index (κ1) is 21.6. The fraction of sp³-hybridized carbons (Fsp3) is 0.273. The quantitative estimate of drug-likeness (QED) is 0.566. The van der Waals surface area contributed by atoms with Crippen molar-refractivity contribution in [3.05, 3.63) is 65.0 Å². The van der Waals surface area contributed by atoms with Gasteiger partial charge in [0.05, 0.1) is 12.2 Å². The van der Waals surface area contributed by atoms with Gasteiger partial charge in [-0.25, -0.2) is 0 Å². The van der Waals surface area contributed by atoms with Crippen LogP contribution < -0.4 is 10.6 Å². The SMILES string of the molecule is Cc1ccc(NC(=O)CSc2nnc(CC(=O)Nc3ccccc3C)n2C)c(C)c1. The van der Waals surface area contributed by atoms with Crippen molar-refractivity contribution in [2.24, 2.45) is 7.05 Å². The fourth-order valence-electron chi connectivity index (χ4n) is 2.95. The summed E-state index contributed by atoms with van der Waals surface area (Å²) in [4.78, 5) is 24.7. The molecule has 0 fully saturated rings. The third kappa shape index (κ3) is 5.48. The maximum absolute atomic E-state index is 12.4. The molecule has 2 amide bonds. The molecule has 156 valence electrons. The van der Waals surface area contributed by atoms with E-state index >= 15 is 0 Å². The van der Waals surface area contributed by atoms with Crippen LogP contribution in [-0.4, -0.2) is 32.3 Å². The van der Waals surface area contributed by atoms with E-state index in [1.54, 1.807) is 11.6 Å². The Hall–Kier alpha value is -3.13. The zero-order valence-corrected chi connectivity index (χ0v) is 18.3. The third-order valence-corrected chi connectivity index (χ3v) is 5.67. The number of rotatable bonds is 7. The zero-order valence-electron chi connectivity index (χ0n) is 17.5. The van der Waals surface area contributed by atoms with Crippen molar-refractivity contribution >= 4 is 35.0 Å². The molecule has 0 unspecified atom stereocenters. The number of aryl methyl sites for hydroxylation is 3. The second kappa shape index (κ2) is 9.58. The smallest absolute Gasteiger partial charge is 0.234 e. The molecule has 3 rings (SSSR count). The number of thioether (sulfide) groups is 1. The monoisotopic (exact) mass is 423 g/mol. The summed E-state index contributed by atoms with van der Waals surface area (Å²) in [6, 6.07) is 13.5. The first-order valence-electron chi connectivity index (χ1n) is 9.57. The van der Waals surface area contributed by atoms with Crippen LogP contribution in [0.25, 0.3) is 0 Å². The largest absolute Gasteiger partial charge is 0.325 e. The minimum Gasteiger partial charge on any atom is -0.325 e. The van der Waals surface area contributed by atoms with Crippen molar-refractivity contribution in [3.8, 4) is 0 Å². The number of amides is 2. The van der Waals surface area contributed by atoms with E-state index in [2.05, 4.69) is 20.8 Å². The van der Waals surface area contributed by atoms with Crippen LogP contribution >= 0.6 is 11.8 Å². The molecule has 1 heterocycles. The van der Waals surface area contributed by atoms with E-state index in [0.717, 1.165) is 28.1 Å². The van der Waals surface area contributed by atoms with Gasteiger partial charge in [-0.15, -0.1) is 10.2 Å². The van der Waals surface area contributed by atoms with Crippen LogP contribution in [0.4, 0.5) is 11.4 Å². The Morgan fingerprint density at radius 2 is 1.63 bits per heavy atom. The van der Waals surface area contributed by atoms with E-state index < -0.39 is 0 Å². The molecule has 30 heavy (non-hydrogen) atoms. The molecule has 0 radical (unpaired) electrons. The number of carbonyl (C=O) groups is 2. The van der Waals surface area contributed by atoms with Crippen molar-refractivity contribution in [2.75, 3.05) is 16.4 Å². The number of aromatic nitrogens is 3. The van der Waals surface area contributed by atoms with Gasteiger partial charge < -0.3 is 15.2 Å². The van der Waals surface area contributed by atoms with Gasteiger partial charge in [-0.2, -0.15) is 0 Å². The molecule has 0 saturated heterocycles. The van der Waals surface area contributed by atoms with Crippen molar-refractivity contribution in [3.63, 3.8) is 0 Å². The number of carbonyl (C=O) groups excluding carboxylic acids is 2. The van der Waals surface area contributed by atoms with E-state index in [0.29, 0.717) is 11.0 Å². The number of hydrogen-bond donors (Lipinski definition) is 2. The number of hydrogen-bond acceptors (Lipinski definition) is 5. The lowest BCUT2D eigenvalue weighted by molar-refractivity contribution is -0.116. The van der Waals surface area contributed by atoms with Gasteiger partial charge in [-0.1, -0.05) is 47.7 Å². The summed E-state index contributed by atoms with van der Waals surface area (Å²) in [6.45, 7) is 5.92. The van der Waals surface area contributed by atoms with Crippen LogP contribution in [-0.2, 0) is 23.1 Å². The minimum atomic E-state index is -0.163. The Labute approximate surface area is 180 Å². The Morgan fingerprint density at radius 1 is 0.933 bits per heavy atom. The van der Waals surface area contributed by atoms with Crippen molar-refractivity contribution in [2.45, 2.75) is 32.3 Å². The first-order valence-corrected chi connectivity index (χ1v) is 10.6. The standard InChI is InChI=1S/C22H25N5O2S/c1-14-9-10-18(16(3)11-14)24-21(29)13-30-22-26-25-19(27(22)4)12-20(28)23-17-8-6-5-7-15(17)2/h5-11H,12-13H2,1-4H3,(H,23,28)(H,24,29). The number of para-hydroxylation sites is 1. The van der Waals surface area contributed by atoms with Crippen LogP contribution in [0.5, 0.6) is 0 Å². The lowest BCUT2D eigenvalue weighted by Crippen LogP contribution is -2.18. The van der Waals surface area contributed by atoms with Crippen LogP contribution in [0.15, 0.2) is 47.6 Å². The maximum Gasteiger partial charge on any atom is 0.234 e. The molecular formula is C22H25N5O2S. The van der Waals surface area contributed by atoms with Gasteiger partial charge in [-0.05, 0) is 44.0 Å². The predicted octanol–water partition coefficient (Wildman–Crippen LogP) is 3.65. The summed E-state index contributed by atoms with van der Waals surface area (Å²) in [5.41, 5.74) is 4.75. The zero-order chi connectivity index (χ0) is 21.7. The van der Waals surface area contributed by atoms with E-state index in [-0.39, 0.29) is 24.0 Å². The van der Waals surface area contributed by atoms with Crippen molar-refractivity contribution in [1.29, 1.82) is 0 Å². The van der Waals surface area contributed by atoms with E-state index in [1.807, 2.05) is 63.2 Å². The first-order chi connectivity index (χ1) is 14.3. The second-order valence-corrected chi connectivity index (χ2v) is 8.10. The molecule has 8 heteroatoms. The number of anilines is 2. The topological polar surface area (TPSA) is 88.9 Å². The van der Waals surface area contributed by atoms with Crippen LogP contribution in [0, 0.1) is 20.8 Å². The summed E-state index contributed by atoms with van der Waals surface area (Å²) < 4.78 is 1.74. The van der Waals surface area contributed by atoms with E-state index in [9.17, 15) is 9.59 Å². The Morgan fingerprint density at radius 3 is 2.37 bits per heavy atom. The highest BCUT2D eigenvalue weighted by Crippen LogP contribution is 2.19. The Bertz CT molecular complexity index is 1080. The maximum atomic E-state index is 12.4. The molecule has 0 aliphatic carbocycles. The third-order valence-electron chi connectivity index (χ3n) is 4.65. The minimum absolute atomic E-state index is 0.104. The molecule has 2 N–H and O–H groups in total. The molecule has 0 saturated carbocycles. The molecular weight excluding hydrogens is 398 g/mol. The van der Waals surface area contributed by atoms with Crippen LogP contribution in [0.2, 0.25) is 0 Å². The van der Waals surface area contributed by atoms with Crippen LogP contribution in [0.3, 0.4) is 0 Å². The highest BCUT2D eigenvalue weighted by molar-refractivity contribution is 7.99. The van der Waals surface area contributed by atoms with Gasteiger partial charge in [0.25, 0.3) is 0 Å². The van der Waals surface area contributed by atoms with Gasteiger partial charge in [0.2, 0.25) is 11.8 Å². The molecule has 0 spiro atoms. The number of benzene rings is 2. The van der Waals surface area contributed by atoms with Gasteiger partial charge in [0, 0.05) is 18.4 Å². The number of nitrogens with one attached hydrogen (secondary N) is 2. The van der Waals surface area contributed by atoms with Gasteiger partial charge in [0.1, 0.15) is 5.82 Å². The molecule has 0 atom stereocenters. The average Bonchev–Trinajstić information content (AvgIpc) is 3.04. The second-order valence-electron chi connectivity index (χ2n) is 7.15. The highest BCUT2D eigenvalue weighted by Gasteiger charge is 2.15.